The van der Waals surface area contributed by atoms with Crippen molar-refractivity contribution in [3.05, 3.63) is 46.8 Å². The Morgan fingerprint density at radius 2 is 1.77 bits per heavy atom. The SMILES string of the molecule is CCC(CC)=Nn1c(-c2cc(OC)c(OC)c(OC)c2)csc1=Nc1cccnc1. The molecule has 3 aromatic rings. The van der Waals surface area contributed by atoms with Crippen LogP contribution in [0.5, 0.6) is 17.2 Å². The highest BCUT2D eigenvalue weighted by molar-refractivity contribution is 7.07. The summed E-state index contributed by atoms with van der Waals surface area (Å²) in [6.07, 6.45) is 5.18. The molecule has 30 heavy (non-hydrogen) atoms. The van der Waals surface area contributed by atoms with Crippen molar-refractivity contribution in [3.8, 4) is 28.5 Å². The summed E-state index contributed by atoms with van der Waals surface area (Å²) in [6.45, 7) is 4.21. The van der Waals surface area contributed by atoms with Crippen LogP contribution < -0.4 is 19.0 Å². The second kappa shape index (κ2) is 10.1. The molecule has 8 heteroatoms. The van der Waals surface area contributed by atoms with Gasteiger partial charge < -0.3 is 14.2 Å². The minimum absolute atomic E-state index is 0.553. The molecular formula is C22H26N4O3S. The van der Waals surface area contributed by atoms with Gasteiger partial charge in [0.25, 0.3) is 0 Å². The average molecular weight is 427 g/mol. The zero-order valence-corrected chi connectivity index (χ0v) is 18.7. The maximum atomic E-state index is 5.53. The van der Waals surface area contributed by atoms with E-state index in [2.05, 4.69) is 18.8 Å². The van der Waals surface area contributed by atoms with Crippen LogP contribution in [0.15, 0.2) is 52.1 Å². The van der Waals surface area contributed by atoms with Crippen molar-refractivity contribution in [1.29, 1.82) is 0 Å². The normalized spacial score (nSPS) is 11.3. The lowest BCUT2D eigenvalue weighted by atomic mass is 10.1. The summed E-state index contributed by atoms with van der Waals surface area (Å²) in [5, 5.41) is 6.93. The van der Waals surface area contributed by atoms with E-state index in [1.807, 2.05) is 34.3 Å². The first-order valence-electron chi connectivity index (χ1n) is 9.67. The topological polar surface area (TPSA) is 70.2 Å². The number of aromatic nitrogens is 2. The Morgan fingerprint density at radius 3 is 2.30 bits per heavy atom. The van der Waals surface area contributed by atoms with Crippen LogP contribution in [-0.2, 0) is 0 Å². The summed E-state index contributed by atoms with van der Waals surface area (Å²) in [6, 6.07) is 7.62. The van der Waals surface area contributed by atoms with Gasteiger partial charge in [0, 0.05) is 22.9 Å². The van der Waals surface area contributed by atoms with E-state index in [1.54, 1.807) is 33.7 Å². The van der Waals surface area contributed by atoms with Gasteiger partial charge in [-0.1, -0.05) is 13.8 Å². The molecule has 1 aromatic carbocycles. The van der Waals surface area contributed by atoms with Crippen LogP contribution in [0, 0.1) is 0 Å². The van der Waals surface area contributed by atoms with Crippen LogP contribution in [-0.4, -0.2) is 36.7 Å². The number of hydrogen-bond donors (Lipinski definition) is 0. The molecule has 0 aliphatic rings. The molecule has 7 nitrogen and oxygen atoms in total. The molecule has 0 saturated heterocycles. The molecule has 0 aliphatic carbocycles. The number of pyridine rings is 1. The molecule has 0 amide bonds. The van der Waals surface area contributed by atoms with Gasteiger partial charge in [-0.2, -0.15) is 5.10 Å². The Morgan fingerprint density at radius 1 is 1.07 bits per heavy atom. The predicted molar refractivity (Wildman–Crippen MR) is 120 cm³/mol. The standard InChI is InChI=1S/C22H26N4O3S/c1-6-16(7-2)25-26-18(14-30-22(26)24-17-9-8-10-23-13-17)15-11-19(27-3)21(29-5)20(12-15)28-4/h8-14H,6-7H2,1-5H3. The van der Waals surface area contributed by atoms with Crippen LogP contribution in [0.4, 0.5) is 5.69 Å². The number of nitrogens with zero attached hydrogens (tertiary/aromatic N) is 4. The number of thiazole rings is 1. The van der Waals surface area contributed by atoms with Crippen LogP contribution in [0.25, 0.3) is 11.3 Å². The Labute approximate surface area is 180 Å². The van der Waals surface area contributed by atoms with Crippen molar-refractivity contribution >= 4 is 22.7 Å². The summed E-state index contributed by atoms with van der Waals surface area (Å²) in [7, 11) is 4.81. The fraction of sp³-hybridized carbons (Fsp3) is 0.318. The summed E-state index contributed by atoms with van der Waals surface area (Å²) in [5.74, 6) is 1.73. The molecule has 0 fully saturated rings. The largest absolute Gasteiger partial charge is 0.493 e. The van der Waals surface area contributed by atoms with Crippen LogP contribution in [0.3, 0.4) is 0 Å². The fourth-order valence-electron chi connectivity index (χ4n) is 2.96. The van der Waals surface area contributed by atoms with Gasteiger partial charge in [-0.3, -0.25) is 4.98 Å². The van der Waals surface area contributed by atoms with E-state index in [1.165, 1.54) is 11.3 Å². The first kappa shape index (κ1) is 21.6. The molecule has 0 spiro atoms. The Balaban J connectivity index is 2.26. The highest BCUT2D eigenvalue weighted by Crippen LogP contribution is 2.41. The van der Waals surface area contributed by atoms with Gasteiger partial charge >= 0.3 is 0 Å². The first-order valence-corrected chi connectivity index (χ1v) is 10.5. The van der Waals surface area contributed by atoms with E-state index in [0.717, 1.165) is 40.3 Å². The second-order valence-corrected chi connectivity index (χ2v) is 7.16. The smallest absolute Gasteiger partial charge is 0.211 e. The van der Waals surface area contributed by atoms with Gasteiger partial charge in [0.05, 0.1) is 38.9 Å². The predicted octanol–water partition coefficient (Wildman–Crippen LogP) is 4.89. The van der Waals surface area contributed by atoms with Gasteiger partial charge in [-0.05, 0) is 37.1 Å². The Bertz CT molecular complexity index is 1060. The molecule has 0 N–H and O–H groups in total. The van der Waals surface area contributed by atoms with E-state index in [4.69, 9.17) is 24.3 Å². The lowest BCUT2D eigenvalue weighted by Gasteiger charge is -2.14. The van der Waals surface area contributed by atoms with Crippen LogP contribution in [0.2, 0.25) is 0 Å². The summed E-state index contributed by atoms with van der Waals surface area (Å²) < 4.78 is 18.4. The minimum Gasteiger partial charge on any atom is -0.493 e. The van der Waals surface area contributed by atoms with Gasteiger partial charge in [-0.25, -0.2) is 9.67 Å². The maximum absolute atomic E-state index is 5.53. The molecule has 0 unspecified atom stereocenters. The van der Waals surface area contributed by atoms with Crippen molar-refractivity contribution in [2.75, 3.05) is 21.3 Å². The summed E-state index contributed by atoms with van der Waals surface area (Å²) in [4.78, 5) is 9.66. The van der Waals surface area contributed by atoms with Gasteiger partial charge in [0.2, 0.25) is 10.6 Å². The molecule has 0 aliphatic heterocycles. The zero-order chi connectivity index (χ0) is 21.5. The van der Waals surface area contributed by atoms with Crippen LogP contribution >= 0.6 is 11.3 Å². The van der Waals surface area contributed by atoms with Crippen LogP contribution in [0.1, 0.15) is 26.7 Å². The van der Waals surface area contributed by atoms with E-state index in [-0.39, 0.29) is 0 Å². The van der Waals surface area contributed by atoms with Crippen molar-refractivity contribution in [3.63, 3.8) is 0 Å². The summed E-state index contributed by atoms with van der Waals surface area (Å²) in [5.41, 5.74) is 3.63. The lowest BCUT2D eigenvalue weighted by Crippen LogP contribution is -2.14. The number of ether oxygens (including phenoxy) is 3. The number of rotatable bonds is 8. The van der Waals surface area contributed by atoms with E-state index in [0.29, 0.717) is 17.2 Å². The second-order valence-electron chi connectivity index (χ2n) is 6.33. The molecule has 0 saturated carbocycles. The first-order chi connectivity index (χ1) is 14.6. The van der Waals surface area contributed by atoms with Gasteiger partial charge in [0.1, 0.15) is 0 Å². The molecular weight excluding hydrogens is 400 g/mol. The van der Waals surface area contributed by atoms with Gasteiger partial charge in [0.15, 0.2) is 11.5 Å². The van der Waals surface area contributed by atoms with Crippen molar-refractivity contribution in [2.24, 2.45) is 10.1 Å². The molecule has 158 valence electrons. The monoisotopic (exact) mass is 426 g/mol. The van der Waals surface area contributed by atoms with E-state index >= 15 is 0 Å². The summed E-state index contributed by atoms with van der Waals surface area (Å²) >= 11 is 1.51. The zero-order valence-electron chi connectivity index (χ0n) is 17.9. The van der Waals surface area contributed by atoms with Crippen molar-refractivity contribution in [1.82, 2.24) is 9.66 Å². The molecule has 2 heterocycles. The van der Waals surface area contributed by atoms with E-state index in [9.17, 15) is 0 Å². The highest BCUT2D eigenvalue weighted by Gasteiger charge is 2.17. The number of hydrogen-bond acceptors (Lipinski definition) is 7. The van der Waals surface area contributed by atoms with Crippen molar-refractivity contribution < 1.29 is 14.2 Å². The van der Waals surface area contributed by atoms with Crippen molar-refractivity contribution in [2.45, 2.75) is 26.7 Å². The van der Waals surface area contributed by atoms with E-state index < -0.39 is 0 Å². The molecule has 2 aromatic heterocycles. The fourth-order valence-corrected chi connectivity index (χ4v) is 3.81. The molecule has 0 bridgehead atoms. The molecule has 0 radical (unpaired) electrons. The quantitative estimate of drug-likeness (QED) is 0.481. The third-order valence-corrected chi connectivity index (χ3v) is 5.39. The average Bonchev–Trinajstić information content (AvgIpc) is 3.18. The third-order valence-electron chi connectivity index (χ3n) is 4.57. The third kappa shape index (κ3) is 4.54. The lowest BCUT2D eigenvalue weighted by molar-refractivity contribution is 0.324. The van der Waals surface area contributed by atoms with Gasteiger partial charge in [-0.15, -0.1) is 11.3 Å². The Hall–Kier alpha value is -3.13. The highest BCUT2D eigenvalue weighted by atomic mass is 32.1. The number of benzene rings is 1. The molecule has 0 atom stereocenters. The minimum atomic E-state index is 0.553. The molecule has 3 rings (SSSR count). The Kier molecular flexibility index (Phi) is 7.24. The number of methoxy groups -OCH3 is 3. The maximum Gasteiger partial charge on any atom is 0.211 e.